The first-order valence-corrected chi connectivity index (χ1v) is 7.94. The molecule has 0 spiro atoms. The summed E-state index contributed by atoms with van der Waals surface area (Å²) < 4.78 is 0. The van der Waals surface area contributed by atoms with Crippen LogP contribution in [0, 0.1) is 35.5 Å². The normalized spacial score (nSPS) is 41.0. The minimum atomic E-state index is 0.613. The van der Waals surface area contributed by atoms with Crippen LogP contribution in [-0.2, 0) is 9.59 Å². The number of rotatable bonds is 6. The standard InChI is InChI=1S/C16H22N2O2/c19-9-17-6-4-13-14(5-7-18-10-20)16-8-15(13)11-2-1-3-12(11)16/h11-16H,1-8H2. The molecule has 0 aromatic carbocycles. The van der Waals surface area contributed by atoms with Gasteiger partial charge in [-0.2, -0.15) is 0 Å². The highest BCUT2D eigenvalue weighted by Gasteiger charge is 2.57. The van der Waals surface area contributed by atoms with Gasteiger partial charge in [0, 0.05) is 0 Å². The van der Waals surface area contributed by atoms with Crippen LogP contribution in [0.1, 0.15) is 38.5 Å². The Labute approximate surface area is 119 Å². The summed E-state index contributed by atoms with van der Waals surface area (Å²) in [6.07, 6.45) is 10.9. The fourth-order valence-corrected chi connectivity index (χ4v) is 5.74. The number of hydrogen-bond acceptors (Lipinski definition) is 4. The van der Waals surface area contributed by atoms with Crippen molar-refractivity contribution in [2.75, 3.05) is 13.1 Å². The monoisotopic (exact) mass is 274 g/mol. The first-order chi connectivity index (χ1) is 9.86. The summed E-state index contributed by atoms with van der Waals surface area (Å²) in [5, 5.41) is 0. The van der Waals surface area contributed by atoms with Crippen molar-refractivity contribution >= 4 is 12.2 Å². The zero-order valence-electron chi connectivity index (χ0n) is 11.8. The molecule has 3 rings (SSSR count). The summed E-state index contributed by atoms with van der Waals surface area (Å²) in [5.74, 6) is 4.88. The second-order valence-corrected chi connectivity index (χ2v) is 6.67. The SMILES string of the molecule is O=C=NCCC1C(CCN=C=O)C2CC1C1CCCC12. The van der Waals surface area contributed by atoms with Gasteiger partial charge in [0.2, 0.25) is 12.2 Å². The van der Waals surface area contributed by atoms with Gasteiger partial charge in [-0.05, 0) is 67.6 Å². The lowest BCUT2D eigenvalue weighted by atomic mass is 9.67. The first-order valence-electron chi connectivity index (χ1n) is 7.94. The summed E-state index contributed by atoms with van der Waals surface area (Å²) in [6, 6.07) is 0. The van der Waals surface area contributed by atoms with Crippen LogP contribution < -0.4 is 0 Å². The second kappa shape index (κ2) is 6.03. The van der Waals surface area contributed by atoms with Crippen LogP contribution in [-0.4, -0.2) is 25.2 Å². The maximum absolute atomic E-state index is 10.3. The topological polar surface area (TPSA) is 58.9 Å². The number of nitrogens with zero attached hydrogens (tertiary/aromatic N) is 2. The number of carbonyl (C=O) groups excluding carboxylic acids is 2. The van der Waals surface area contributed by atoms with Crippen molar-refractivity contribution in [1.82, 2.24) is 0 Å². The maximum atomic E-state index is 10.3. The Kier molecular flexibility index (Phi) is 4.14. The third kappa shape index (κ3) is 2.28. The highest BCUT2D eigenvalue weighted by Crippen LogP contribution is 2.64. The molecule has 6 unspecified atom stereocenters. The molecular formula is C16H22N2O2. The summed E-state index contributed by atoms with van der Waals surface area (Å²) in [5.41, 5.74) is 0. The van der Waals surface area contributed by atoms with E-state index in [9.17, 15) is 9.59 Å². The van der Waals surface area contributed by atoms with Crippen LogP contribution in [0.3, 0.4) is 0 Å². The zero-order valence-corrected chi connectivity index (χ0v) is 11.8. The van der Waals surface area contributed by atoms with Crippen LogP contribution >= 0.6 is 0 Å². The van der Waals surface area contributed by atoms with Crippen molar-refractivity contribution in [3.8, 4) is 0 Å². The van der Waals surface area contributed by atoms with Crippen molar-refractivity contribution in [3.05, 3.63) is 0 Å². The molecule has 4 heteroatoms. The van der Waals surface area contributed by atoms with Gasteiger partial charge in [-0.3, -0.25) is 0 Å². The van der Waals surface area contributed by atoms with Crippen molar-refractivity contribution in [2.24, 2.45) is 45.5 Å². The average Bonchev–Trinajstić information content (AvgIpc) is 3.11. The van der Waals surface area contributed by atoms with Crippen molar-refractivity contribution in [2.45, 2.75) is 38.5 Å². The highest BCUT2D eigenvalue weighted by molar-refractivity contribution is 5.33. The molecule has 0 aromatic heterocycles. The predicted octanol–water partition coefficient (Wildman–Crippen LogP) is 2.74. The minimum absolute atomic E-state index is 0.613. The molecule has 2 bridgehead atoms. The van der Waals surface area contributed by atoms with Crippen LogP contribution in [0.4, 0.5) is 0 Å². The summed E-state index contributed by atoms with van der Waals surface area (Å²) in [6.45, 7) is 1.23. The van der Waals surface area contributed by atoms with Crippen molar-refractivity contribution < 1.29 is 9.59 Å². The van der Waals surface area contributed by atoms with Gasteiger partial charge in [-0.1, -0.05) is 6.42 Å². The van der Waals surface area contributed by atoms with E-state index >= 15 is 0 Å². The Bertz CT molecular complexity index is 411. The van der Waals surface area contributed by atoms with Gasteiger partial charge in [0.1, 0.15) is 0 Å². The van der Waals surface area contributed by atoms with Gasteiger partial charge >= 0.3 is 0 Å². The molecule has 0 aliphatic heterocycles. The van der Waals surface area contributed by atoms with E-state index in [0.717, 1.165) is 36.5 Å². The van der Waals surface area contributed by atoms with E-state index < -0.39 is 0 Å². The van der Waals surface area contributed by atoms with Crippen LogP contribution in [0.15, 0.2) is 9.98 Å². The van der Waals surface area contributed by atoms with Gasteiger partial charge in [0.25, 0.3) is 0 Å². The van der Waals surface area contributed by atoms with Crippen LogP contribution in [0.25, 0.3) is 0 Å². The van der Waals surface area contributed by atoms with Gasteiger partial charge in [-0.15, -0.1) is 0 Å². The number of hydrogen-bond donors (Lipinski definition) is 0. The minimum Gasteiger partial charge on any atom is -0.211 e. The van der Waals surface area contributed by atoms with E-state index in [0.29, 0.717) is 24.9 Å². The van der Waals surface area contributed by atoms with E-state index in [2.05, 4.69) is 9.98 Å². The zero-order chi connectivity index (χ0) is 13.9. The molecule has 20 heavy (non-hydrogen) atoms. The maximum Gasteiger partial charge on any atom is 0.234 e. The van der Waals surface area contributed by atoms with E-state index in [-0.39, 0.29) is 0 Å². The van der Waals surface area contributed by atoms with Crippen LogP contribution in [0.2, 0.25) is 0 Å². The number of fused-ring (bicyclic) bond motifs is 5. The van der Waals surface area contributed by atoms with E-state index in [1.54, 1.807) is 12.2 Å². The molecule has 0 radical (unpaired) electrons. The molecule has 3 fully saturated rings. The quantitative estimate of drug-likeness (QED) is 0.552. The Morgan fingerprint density at radius 2 is 1.30 bits per heavy atom. The number of aliphatic imine (C=N–C) groups is 2. The Morgan fingerprint density at radius 3 is 1.75 bits per heavy atom. The Balaban J connectivity index is 1.70. The molecule has 3 aliphatic rings. The lowest BCUT2D eigenvalue weighted by Crippen LogP contribution is -2.33. The molecule has 108 valence electrons. The molecule has 3 aliphatic carbocycles. The van der Waals surface area contributed by atoms with E-state index in [4.69, 9.17) is 0 Å². The van der Waals surface area contributed by atoms with Gasteiger partial charge in [0.05, 0.1) is 13.1 Å². The molecule has 4 nitrogen and oxygen atoms in total. The van der Waals surface area contributed by atoms with Crippen LogP contribution in [0.5, 0.6) is 0 Å². The Morgan fingerprint density at radius 1 is 0.800 bits per heavy atom. The lowest BCUT2D eigenvalue weighted by molar-refractivity contribution is 0.106. The molecular weight excluding hydrogens is 252 g/mol. The van der Waals surface area contributed by atoms with E-state index in [1.165, 1.54) is 25.7 Å². The largest absolute Gasteiger partial charge is 0.234 e. The second-order valence-electron chi connectivity index (χ2n) is 6.67. The average molecular weight is 274 g/mol. The number of isocyanates is 2. The predicted molar refractivity (Wildman–Crippen MR) is 74.6 cm³/mol. The van der Waals surface area contributed by atoms with E-state index in [1.807, 2.05) is 0 Å². The van der Waals surface area contributed by atoms with Gasteiger partial charge < -0.3 is 0 Å². The Hall–Kier alpha value is -1.24. The molecule has 0 amide bonds. The smallest absolute Gasteiger partial charge is 0.211 e. The lowest BCUT2D eigenvalue weighted by Gasteiger charge is -2.38. The fraction of sp³-hybridized carbons (Fsp3) is 0.875. The van der Waals surface area contributed by atoms with Crippen molar-refractivity contribution in [1.29, 1.82) is 0 Å². The first kappa shape index (κ1) is 13.7. The third-order valence-electron chi connectivity index (χ3n) is 6.20. The molecule has 0 aromatic rings. The molecule has 0 saturated heterocycles. The summed E-state index contributed by atoms with van der Waals surface area (Å²) in [7, 11) is 0. The molecule has 0 heterocycles. The fourth-order valence-electron chi connectivity index (χ4n) is 5.74. The highest BCUT2D eigenvalue weighted by atomic mass is 16.1. The summed E-state index contributed by atoms with van der Waals surface area (Å²) in [4.78, 5) is 28.0. The van der Waals surface area contributed by atoms with Crippen molar-refractivity contribution in [3.63, 3.8) is 0 Å². The molecule has 6 atom stereocenters. The molecule has 0 N–H and O–H groups in total. The van der Waals surface area contributed by atoms with Gasteiger partial charge in [-0.25, -0.2) is 19.6 Å². The van der Waals surface area contributed by atoms with Gasteiger partial charge in [0.15, 0.2) is 0 Å². The molecule has 3 saturated carbocycles. The summed E-state index contributed by atoms with van der Waals surface area (Å²) >= 11 is 0. The third-order valence-corrected chi connectivity index (χ3v) is 6.20.